The summed E-state index contributed by atoms with van der Waals surface area (Å²) in [6.07, 6.45) is 1.08. The van der Waals surface area contributed by atoms with Gasteiger partial charge in [0, 0.05) is 12.1 Å². The Morgan fingerprint density at radius 1 is 1.50 bits per heavy atom. The zero-order valence-electron chi connectivity index (χ0n) is 8.54. The monoisotopic (exact) mass is 193 g/mol. The smallest absolute Gasteiger partial charge is 0.305 e. The van der Waals surface area contributed by atoms with Crippen LogP contribution in [0.3, 0.4) is 0 Å². The summed E-state index contributed by atoms with van der Waals surface area (Å²) in [4.78, 5) is 10.9. The molecule has 76 valence electrons. The molecular formula is C11H15NO2. The van der Waals surface area contributed by atoms with Crippen molar-refractivity contribution in [2.75, 3.05) is 12.8 Å². The second-order valence-electron chi connectivity index (χ2n) is 3.27. The molecule has 0 amide bonds. The summed E-state index contributed by atoms with van der Waals surface area (Å²) in [7, 11) is 1.39. The summed E-state index contributed by atoms with van der Waals surface area (Å²) in [5.41, 5.74) is 8.64. The standard InChI is InChI=1S/C11H15NO2/c1-8-3-4-9(7-10(8)12)5-6-11(13)14-2/h3-4,7H,5-6,12H2,1-2H3. The van der Waals surface area contributed by atoms with E-state index in [2.05, 4.69) is 4.74 Å². The number of aryl methyl sites for hydroxylation is 2. The molecule has 0 heterocycles. The average Bonchev–Trinajstić information content (AvgIpc) is 2.19. The van der Waals surface area contributed by atoms with Gasteiger partial charge in [-0.2, -0.15) is 0 Å². The van der Waals surface area contributed by atoms with Crippen LogP contribution in [0.5, 0.6) is 0 Å². The van der Waals surface area contributed by atoms with Crippen molar-refractivity contribution in [3.63, 3.8) is 0 Å². The first-order valence-corrected chi connectivity index (χ1v) is 4.55. The third-order valence-corrected chi connectivity index (χ3v) is 2.19. The van der Waals surface area contributed by atoms with E-state index in [0.29, 0.717) is 12.8 Å². The van der Waals surface area contributed by atoms with Crippen molar-refractivity contribution < 1.29 is 9.53 Å². The highest BCUT2D eigenvalue weighted by molar-refractivity contribution is 5.69. The van der Waals surface area contributed by atoms with Gasteiger partial charge < -0.3 is 10.5 Å². The highest BCUT2D eigenvalue weighted by atomic mass is 16.5. The molecular weight excluding hydrogens is 178 g/mol. The largest absolute Gasteiger partial charge is 0.469 e. The quantitative estimate of drug-likeness (QED) is 0.587. The number of anilines is 1. The Hall–Kier alpha value is -1.51. The van der Waals surface area contributed by atoms with Crippen molar-refractivity contribution in [2.45, 2.75) is 19.8 Å². The highest BCUT2D eigenvalue weighted by Crippen LogP contribution is 2.14. The van der Waals surface area contributed by atoms with Gasteiger partial charge in [0.15, 0.2) is 0 Å². The van der Waals surface area contributed by atoms with Crippen LogP contribution in [0.25, 0.3) is 0 Å². The Labute approximate surface area is 83.9 Å². The van der Waals surface area contributed by atoms with Gasteiger partial charge in [0.1, 0.15) is 0 Å². The van der Waals surface area contributed by atoms with Crippen molar-refractivity contribution in [1.29, 1.82) is 0 Å². The fourth-order valence-electron chi connectivity index (χ4n) is 1.19. The Morgan fingerprint density at radius 3 is 2.79 bits per heavy atom. The topological polar surface area (TPSA) is 52.3 Å². The minimum atomic E-state index is -0.191. The Bertz CT molecular complexity index is 334. The van der Waals surface area contributed by atoms with E-state index in [0.717, 1.165) is 16.8 Å². The Balaban J connectivity index is 2.60. The Kier molecular flexibility index (Phi) is 3.51. The summed E-state index contributed by atoms with van der Waals surface area (Å²) in [6.45, 7) is 1.96. The van der Waals surface area contributed by atoms with Crippen molar-refractivity contribution in [3.8, 4) is 0 Å². The molecule has 0 radical (unpaired) electrons. The zero-order valence-corrected chi connectivity index (χ0v) is 8.54. The summed E-state index contributed by atoms with van der Waals surface area (Å²) >= 11 is 0. The lowest BCUT2D eigenvalue weighted by Gasteiger charge is -2.04. The molecule has 0 spiro atoms. The van der Waals surface area contributed by atoms with Crippen molar-refractivity contribution in [3.05, 3.63) is 29.3 Å². The molecule has 0 aliphatic heterocycles. The van der Waals surface area contributed by atoms with Gasteiger partial charge in [-0.15, -0.1) is 0 Å². The number of benzene rings is 1. The van der Waals surface area contributed by atoms with Gasteiger partial charge in [0.25, 0.3) is 0 Å². The van der Waals surface area contributed by atoms with Gasteiger partial charge in [-0.3, -0.25) is 4.79 Å². The lowest BCUT2D eigenvalue weighted by Crippen LogP contribution is -2.02. The predicted molar refractivity (Wildman–Crippen MR) is 55.9 cm³/mol. The number of hydrogen-bond acceptors (Lipinski definition) is 3. The highest BCUT2D eigenvalue weighted by Gasteiger charge is 2.02. The molecule has 0 aliphatic rings. The van der Waals surface area contributed by atoms with E-state index < -0.39 is 0 Å². The molecule has 0 bridgehead atoms. The molecule has 0 unspecified atom stereocenters. The molecule has 0 aromatic heterocycles. The van der Waals surface area contributed by atoms with Crippen LogP contribution in [-0.4, -0.2) is 13.1 Å². The van der Waals surface area contributed by atoms with Gasteiger partial charge in [-0.1, -0.05) is 12.1 Å². The molecule has 0 saturated carbocycles. The fourth-order valence-corrected chi connectivity index (χ4v) is 1.19. The van der Waals surface area contributed by atoms with Gasteiger partial charge >= 0.3 is 5.97 Å². The molecule has 0 aliphatic carbocycles. The number of methoxy groups -OCH3 is 1. The predicted octanol–water partition coefficient (Wildman–Crippen LogP) is 1.68. The third-order valence-electron chi connectivity index (χ3n) is 2.19. The van der Waals surface area contributed by atoms with Crippen molar-refractivity contribution in [1.82, 2.24) is 0 Å². The molecule has 0 fully saturated rings. The van der Waals surface area contributed by atoms with E-state index in [1.807, 2.05) is 25.1 Å². The third kappa shape index (κ3) is 2.76. The maximum absolute atomic E-state index is 10.9. The fraction of sp³-hybridized carbons (Fsp3) is 0.364. The average molecular weight is 193 g/mol. The summed E-state index contributed by atoms with van der Waals surface area (Å²) in [5.74, 6) is -0.191. The second kappa shape index (κ2) is 4.65. The van der Waals surface area contributed by atoms with Crippen LogP contribution in [0, 0.1) is 6.92 Å². The molecule has 2 N–H and O–H groups in total. The van der Waals surface area contributed by atoms with Crippen molar-refractivity contribution in [2.24, 2.45) is 0 Å². The number of hydrogen-bond donors (Lipinski definition) is 1. The number of nitrogens with two attached hydrogens (primary N) is 1. The van der Waals surface area contributed by atoms with Gasteiger partial charge in [-0.25, -0.2) is 0 Å². The number of ether oxygens (including phenoxy) is 1. The second-order valence-corrected chi connectivity index (χ2v) is 3.27. The van der Waals surface area contributed by atoms with E-state index >= 15 is 0 Å². The van der Waals surface area contributed by atoms with E-state index in [1.165, 1.54) is 7.11 Å². The molecule has 1 aromatic rings. The van der Waals surface area contributed by atoms with Crippen LogP contribution in [0.15, 0.2) is 18.2 Å². The molecule has 1 aromatic carbocycles. The first-order chi connectivity index (χ1) is 6.63. The van der Waals surface area contributed by atoms with Gasteiger partial charge in [0.2, 0.25) is 0 Å². The van der Waals surface area contributed by atoms with Crippen LogP contribution in [0.4, 0.5) is 5.69 Å². The lowest BCUT2D eigenvalue weighted by molar-refractivity contribution is -0.140. The molecule has 0 atom stereocenters. The molecule has 0 saturated heterocycles. The summed E-state index contributed by atoms with van der Waals surface area (Å²) in [5, 5.41) is 0. The minimum absolute atomic E-state index is 0.191. The lowest BCUT2D eigenvalue weighted by atomic mass is 10.1. The number of nitrogen functional groups attached to an aromatic ring is 1. The van der Waals surface area contributed by atoms with Crippen LogP contribution < -0.4 is 5.73 Å². The van der Waals surface area contributed by atoms with Crippen LogP contribution in [0.2, 0.25) is 0 Å². The van der Waals surface area contributed by atoms with E-state index in [4.69, 9.17) is 5.73 Å². The van der Waals surface area contributed by atoms with E-state index in [-0.39, 0.29) is 5.97 Å². The molecule has 3 nitrogen and oxygen atoms in total. The molecule has 14 heavy (non-hydrogen) atoms. The SMILES string of the molecule is COC(=O)CCc1ccc(C)c(N)c1. The number of rotatable bonds is 3. The normalized spacial score (nSPS) is 9.86. The maximum atomic E-state index is 10.9. The van der Waals surface area contributed by atoms with E-state index in [1.54, 1.807) is 0 Å². The number of carbonyl (C=O) groups excluding carboxylic acids is 1. The number of esters is 1. The zero-order chi connectivity index (χ0) is 10.6. The van der Waals surface area contributed by atoms with E-state index in [9.17, 15) is 4.79 Å². The summed E-state index contributed by atoms with van der Waals surface area (Å²) in [6, 6.07) is 5.84. The summed E-state index contributed by atoms with van der Waals surface area (Å²) < 4.78 is 4.56. The van der Waals surface area contributed by atoms with Crippen molar-refractivity contribution >= 4 is 11.7 Å². The molecule has 3 heteroatoms. The number of carbonyl (C=O) groups is 1. The van der Waals surface area contributed by atoms with Crippen LogP contribution in [-0.2, 0) is 16.0 Å². The van der Waals surface area contributed by atoms with Gasteiger partial charge in [-0.05, 0) is 30.5 Å². The Morgan fingerprint density at radius 2 is 2.21 bits per heavy atom. The minimum Gasteiger partial charge on any atom is -0.469 e. The molecule has 1 rings (SSSR count). The van der Waals surface area contributed by atoms with Crippen LogP contribution >= 0.6 is 0 Å². The van der Waals surface area contributed by atoms with Gasteiger partial charge in [0.05, 0.1) is 7.11 Å². The first-order valence-electron chi connectivity index (χ1n) is 4.55. The maximum Gasteiger partial charge on any atom is 0.305 e. The van der Waals surface area contributed by atoms with Crippen LogP contribution in [0.1, 0.15) is 17.5 Å². The first kappa shape index (κ1) is 10.6.